The standard InChI is InChI=1S/C26H38O6SSi/c1-4-30-34(31-5-2,32-6-3)18-10-17-33-25(24-11-8-7-9-12-24)19-26(28)29-21-23-15-13-22(20-27)14-16-23/h7-9,11-16,25,27H,4-6,10,17-21H2,1-3H3. The van der Waals surface area contributed by atoms with Crippen molar-refractivity contribution in [3.8, 4) is 0 Å². The van der Waals surface area contributed by atoms with Crippen molar-refractivity contribution in [1.29, 1.82) is 0 Å². The zero-order valence-corrected chi connectivity index (χ0v) is 22.4. The molecular weight excluding hydrogens is 468 g/mol. The molecule has 0 fully saturated rings. The summed E-state index contributed by atoms with van der Waals surface area (Å²) in [5.74, 6) is 0.631. The molecule has 8 heteroatoms. The lowest BCUT2D eigenvalue weighted by Gasteiger charge is -2.28. The van der Waals surface area contributed by atoms with Gasteiger partial charge in [-0.15, -0.1) is 0 Å². The molecule has 0 aliphatic heterocycles. The van der Waals surface area contributed by atoms with Crippen molar-refractivity contribution in [3.05, 3.63) is 71.3 Å². The number of carbonyl (C=O) groups is 1. The van der Waals surface area contributed by atoms with E-state index >= 15 is 0 Å². The van der Waals surface area contributed by atoms with Gasteiger partial charge in [0.1, 0.15) is 6.61 Å². The summed E-state index contributed by atoms with van der Waals surface area (Å²) in [6.07, 6.45) is 1.18. The average Bonchev–Trinajstić information content (AvgIpc) is 2.86. The third-order valence-electron chi connectivity index (χ3n) is 5.17. The van der Waals surface area contributed by atoms with Crippen LogP contribution in [0.3, 0.4) is 0 Å². The molecule has 188 valence electrons. The van der Waals surface area contributed by atoms with E-state index in [9.17, 15) is 4.79 Å². The topological polar surface area (TPSA) is 74.2 Å². The Morgan fingerprint density at radius 2 is 1.50 bits per heavy atom. The highest BCUT2D eigenvalue weighted by Crippen LogP contribution is 2.34. The Balaban J connectivity index is 1.92. The first-order valence-electron chi connectivity index (χ1n) is 12.0. The van der Waals surface area contributed by atoms with Crippen LogP contribution in [0.25, 0.3) is 0 Å². The van der Waals surface area contributed by atoms with Crippen molar-refractivity contribution < 1.29 is 27.9 Å². The van der Waals surface area contributed by atoms with Crippen molar-refractivity contribution in [2.75, 3.05) is 25.6 Å². The molecule has 34 heavy (non-hydrogen) atoms. The molecule has 0 spiro atoms. The Bertz CT molecular complexity index is 801. The minimum Gasteiger partial charge on any atom is -0.461 e. The number of aliphatic hydroxyl groups excluding tert-OH is 1. The first kappa shape index (κ1) is 28.6. The van der Waals surface area contributed by atoms with E-state index in [0.29, 0.717) is 26.2 Å². The summed E-state index contributed by atoms with van der Waals surface area (Å²) in [5.41, 5.74) is 2.85. The maximum absolute atomic E-state index is 12.6. The van der Waals surface area contributed by atoms with Crippen LogP contribution in [0.15, 0.2) is 54.6 Å². The van der Waals surface area contributed by atoms with E-state index in [2.05, 4.69) is 12.1 Å². The average molecular weight is 507 g/mol. The van der Waals surface area contributed by atoms with E-state index in [-0.39, 0.29) is 24.4 Å². The number of carbonyl (C=O) groups excluding carboxylic acids is 1. The Hall–Kier alpha value is -1.68. The summed E-state index contributed by atoms with van der Waals surface area (Å²) in [6.45, 7) is 7.83. The maximum atomic E-state index is 12.6. The number of ether oxygens (including phenoxy) is 1. The molecule has 0 saturated heterocycles. The van der Waals surface area contributed by atoms with Crippen molar-refractivity contribution >= 4 is 26.5 Å². The highest BCUT2D eigenvalue weighted by Gasteiger charge is 2.39. The van der Waals surface area contributed by atoms with E-state index in [1.807, 2.05) is 63.2 Å². The van der Waals surface area contributed by atoms with Crippen LogP contribution in [-0.2, 0) is 36.0 Å². The molecule has 0 aromatic heterocycles. The van der Waals surface area contributed by atoms with Gasteiger partial charge in [-0.2, -0.15) is 11.8 Å². The first-order valence-corrected chi connectivity index (χ1v) is 15.0. The monoisotopic (exact) mass is 506 g/mol. The van der Waals surface area contributed by atoms with Crippen LogP contribution in [0.2, 0.25) is 6.04 Å². The predicted molar refractivity (Wildman–Crippen MR) is 138 cm³/mol. The molecule has 2 aromatic carbocycles. The molecule has 1 unspecified atom stereocenters. The van der Waals surface area contributed by atoms with Gasteiger partial charge in [0.15, 0.2) is 0 Å². The van der Waals surface area contributed by atoms with Crippen molar-refractivity contribution in [2.24, 2.45) is 0 Å². The Labute approximate surface area is 209 Å². The lowest BCUT2D eigenvalue weighted by molar-refractivity contribution is -0.144. The van der Waals surface area contributed by atoms with Crippen LogP contribution in [0.5, 0.6) is 0 Å². The number of aliphatic hydroxyl groups is 1. The molecule has 6 nitrogen and oxygen atoms in total. The molecule has 0 radical (unpaired) electrons. The van der Waals surface area contributed by atoms with E-state index in [4.69, 9.17) is 23.1 Å². The fourth-order valence-corrected chi connectivity index (χ4v) is 7.64. The highest BCUT2D eigenvalue weighted by atomic mass is 32.2. The lowest BCUT2D eigenvalue weighted by atomic mass is 10.1. The molecule has 0 amide bonds. The lowest BCUT2D eigenvalue weighted by Crippen LogP contribution is -2.46. The number of rotatable bonds is 17. The summed E-state index contributed by atoms with van der Waals surface area (Å²) in [4.78, 5) is 12.6. The Kier molecular flexibility index (Phi) is 13.5. The fraction of sp³-hybridized carbons (Fsp3) is 0.500. The van der Waals surface area contributed by atoms with E-state index in [0.717, 1.165) is 34.9 Å². The van der Waals surface area contributed by atoms with Crippen LogP contribution in [-0.4, -0.2) is 45.5 Å². The van der Waals surface area contributed by atoms with Gasteiger partial charge in [0.05, 0.1) is 13.0 Å². The number of hydrogen-bond donors (Lipinski definition) is 1. The third-order valence-corrected chi connectivity index (χ3v) is 9.68. The second-order valence-corrected chi connectivity index (χ2v) is 11.7. The van der Waals surface area contributed by atoms with Gasteiger partial charge in [-0.3, -0.25) is 4.79 Å². The first-order chi connectivity index (χ1) is 16.6. The smallest absolute Gasteiger partial charge is 0.461 e. The molecule has 0 saturated carbocycles. The molecule has 1 atom stereocenters. The normalized spacial score (nSPS) is 12.5. The van der Waals surface area contributed by atoms with Gasteiger partial charge in [0.25, 0.3) is 0 Å². The van der Waals surface area contributed by atoms with Crippen LogP contribution < -0.4 is 0 Å². The van der Waals surface area contributed by atoms with Gasteiger partial charge < -0.3 is 23.1 Å². The molecular formula is C26H38O6SSi. The summed E-state index contributed by atoms with van der Waals surface area (Å²) in [6, 6.07) is 18.2. The number of hydrogen-bond acceptors (Lipinski definition) is 7. The molecule has 0 bridgehead atoms. The Morgan fingerprint density at radius 3 is 2.06 bits per heavy atom. The third kappa shape index (κ3) is 9.89. The van der Waals surface area contributed by atoms with Crippen molar-refractivity contribution in [1.82, 2.24) is 0 Å². The van der Waals surface area contributed by atoms with E-state index in [1.165, 1.54) is 0 Å². The molecule has 0 aliphatic rings. The minimum atomic E-state index is -2.66. The van der Waals surface area contributed by atoms with E-state index in [1.54, 1.807) is 11.8 Å². The second-order valence-electron chi connectivity index (χ2n) is 7.70. The van der Waals surface area contributed by atoms with Gasteiger partial charge in [0, 0.05) is 31.1 Å². The molecule has 2 aromatic rings. The summed E-state index contributed by atoms with van der Waals surface area (Å²) in [7, 11) is -2.66. The highest BCUT2D eigenvalue weighted by molar-refractivity contribution is 7.99. The van der Waals surface area contributed by atoms with Crippen molar-refractivity contribution in [2.45, 2.75) is 58.1 Å². The van der Waals surface area contributed by atoms with Crippen molar-refractivity contribution in [3.63, 3.8) is 0 Å². The van der Waals surface area contributed by atoms with Gasteiger partial charge in [0.2, 0.25) is 0 Å². The fourth-order valence-electron chi connectivity index (χ4n) is 3.57. The second kappa shape index (κ2) is 16.1. The number of benzene rings is 2. The summed E-state index contributed by atoms with van der Waals surface area (Å²) < 4.78 is 23.4. The zero-order chi connectivity index (χ0) is 24.7. The molecule has 0 aliphatic carbocycles. The van der Waals surface area contributed by atoms with Crippen LogP contribution in [0, 0.1) is 0 Å². The SMILES string of the molecule is CCO[Si](CCCSC(CC(=O)OCc1ccc(CO)cc1)c1ccccc1)(OCC)OCC. The van der Waals surface area contributed by atoms with Gasteiger partial charge in [-0.25, -0.2) is 0 Å². The number of thioether (sulfide) groups is 1. The quantitative estimate of drug-likeness (QED) is 0.172. The Morgan fingerprint density at radius 1 is 0.912 bits per heavy atom. The van der Waals surface area contributed by atoms with E-state index < -0.39 is 8.80 Å². The maximum Gasteiger partial charge on any atom is 0.500 e. The summed E-state index contributed by atoms with van der Waals surface area (Å²) >= 11 is 1.75. The van der Waals surface area contributed by atoms with Crippen LogP contribution in [0.4, 0.5) is 0 Å². The molecule has 0 heterocycles. The van der Waals surface area contributed by atoms with Crippen LogP contribution in [0.1, 0.15) is 55.6 Å². The minimum absolute atomic E-state index is 0.000631. The number of esters is 1. The predicted octanol–water partition coefficient (Wildman–Crippen LogP) is 5.53. The molecule has 1 N–H and O–H groups in total. The van der Waals surface area contributed by atoms with Gasteiger partial charge >= 0.3 is 14.8 Å². The van der Waals surface area contributed by atoms with Gasteiger partial charge in [-0.05, 0) is 49.6 Å². The van der Waals surface area contributed by atoms with Crippen LogP contribution >= 0.6 is 11.8 Å². The van der Waals surface area contributed by atoms with Gasteiger partial charge in [-0.1, -0.05) is 54.6 Å². The zero-order valence-electron chi connectivity index (χ0n) is 20.5. The largest absolute Gasteiger partial charge is 0.500 e. The molecule has 2 rings (SSSR count). The summed E-state index contributed by atoms with van der Waals surface area (Å²) in [5, 5.41) is 9.17.